The standard InChI is InChI=1S/C18H19FN2O4/c1-21(18(23)12-4-9-16(25-3)15(19)10-12)11-17(22)20-13-5-7-14(24-2)8-6-13/h4-10H,11H2,1-3H3,(H,20,22). The Kier molecular flexibility index (Phi) is 5.94. The highest BCUT2D eigenvalue weighted by Gasteiger charge is 2.17. The highest BCUT2D eigenvalue weighted by Crippen LogP contribution is 2.19. The zero-order valence-corrected chi connectivity index (χ0v) is 14.2. The third-order valence-electron chi connectivity index (χ3n) is 3.50. The van der Waals surface area contributed by atoms with Gasteiger partial charge in [-0.3, -0.25) is 9.59 Å². The maximum atomic E-state index is 13.7. The molecule has 25 heavy (non-hydrogen) atoms. The van der Waals surface area contributed by atoms with Crippen LogP contribution in [0.3, 0.4) is 0 Å². The van der Waals surface area contributed by atoms with E-state index >= 15 is 0 Å². The molecular weight excluding hydrogens is 327 g/mol. The molecule has 6 nitrogen and oxygen atoms in total. The highest BCUT2D eigenvalue weighted by atomic mass is 19.1. The van der Waals surface area contributed by atoms with E-state index in [-0.39, 0.29) is 23.8 Å². The molecule has 0 saturated heterocycles. The normalized spacial score (nSPS) is 10.1. The summed E-state index contributed by atoms with van der Waals surface area (Å²) in [7, 11) is 4.36. The summed E-state index contributed by atoms with van der Waals surface area (Å²) in [6.07, 6.45) is 0. The SMILES string of the molecule is COc1ccc(NC(=O)CN(C)C(=O)c2ccc(OC)c(F)c2)cc1. The van der Waals surface area contributed by atoms with Crippen molar-refractivity contribution in [1.82, 2.24) is 4.90 Å². The molecule has 2 aromatic rings. The predicted molar refractivity (Wildman–Crippen MR) is 91.5 cm³/mol. The van der Waals surface area contributed by atoms with Crippen LogP contribution in [-0.4, -0.2) is 44.5 Å². The average molecular weight is 346 g/mol. The number of amides is 2. The molecule has 0 aromatic heterocycles. The highest BCUT2D eigenvalue weighted by molar-refractivity contribution is 5.99. The van der Waals surface area contributed by atoms with Crippen molar-refractivity contribution in [2.75, 3.05) is 33.1 Å². The van der Waals surface area contributed by atoms with Crippen molar-refractivity contribution in [3.8, 4) is 11.5 Å². The molecule has 2 rings (SSSR count). The molecule has 0 atom stereocenters. The Hall–Kier alpha value is -3.09. The van der Waals surface area contributed by atoms with Crippen LogP contribution >= 0.6 is 0 Å². The minimum absolute atomic E-state index is 0.0523. The Morgan fingerprint density at radius 3 is 2.32 bits per heavy atom. The van der Waals surface area contributed by atoms with Crippen molar-refractivity contribution in [2.24, 2.45) is 0 Å². The summed E-state index contributed by atoms with van der Waals surface area (Å²) in [5.74, 6) is -0.742. The van der Waals surface area contributed by atoms with Crippen LogP contribution in [0.2, 0.25) is 0 Å². The van der Waals surface area contributed by atoms with Crippen LogP contribution in [0.1, 0.15) is 10.4 Å². The van der Waals surface area contributed by atoms with Gasteiger partial charge >= 0.3 is 0 Å². The second-order valence-electron chi connectivity index (χ2n) is 5.29. The van der Waals surface area contributed by atoms with E-state index in [0.717, 1.165) is 6.07 Å². The molecule has 0 bridgehead atoms. The molecule has 1 N–H and O–H groups in total. The van der Waals surface area contributed by atoms with Crippen LogP contribution in [0, 0.1) is 5.82 Å². The van der Waals surface area contributed by atoms with Gasteiger partial charge in [0.25, 0.3) is 5.91 Å². The monoisotopic (exact) mass is 346 g/mol. The molecule has 0 radical (unpaired) electrons. The van der Waals surface area contributed by atoms with E-state index in [0.29, 0.717) is 11.4 Å². The molecule has 0 fully saturated rings. The number of methoxy groups -OCH3 is 2. The second-order valence-corrected chi connectivity index (χ2v) is 5.29. The lowest BCUT2D eigenvalue weighted by Crippen LogP contribution is -2.35. The third-order valence-corrected chi connectivity index (χ3v) is 3.50. The number of halogens is 1. The Morgan fingerprint density at radius 2 is 1.76 bits per heavy atom. The molecule has 0 aliphatic heterocycles. The molecule has 7 heteroatoms. The second kappa shape index (κ2) is 8.14. The fraction of sp³-hybridized carbons (Fsp3) is 0.222. The number of ether oxygens (including phenoxy) is 2. The molecule has 0 unspecified atom stereocenters. The maximum Gasteiger partial charge on any atom is 0.254 e. The smallest absolute Gasteiger partial charge is 0.254 e. The molecule has 0 saturated carbocycles. The quantitative estimate of drug-likeness (QED) is 0.873. The summed E-state index contributed by atoms with van der Waals surface area (Å²) >= 11 is 0. The number of carbonyl (C=O) groups is 2. The van der Waals surface area contributed by atoms with Crippen molar-refractivity contribution in [1.29, 1.82) is 0 Å². The molecule has 0 spiro atoms. The van der Waals surface area contributed by atoms with Crippen LogP contribution in [-0.2, 0) is 4.79 Å². The van der Waals surface area contributed by atoms with Gasteiger partial charge in [-0.15, -0.1) is 0 Å². The topological polar surface area (TPSA) is 67.9 Å². The Bertz CT molecular complexity index is 762. The molecule has 132 valence electrons. The molecule has 0 aliphatic carbocycles. The minimum atomic E-state index is -0.635. The zero-order valence-electron chi connectivity index (χ0n) is 14.2. The zero-order chi connectivity index (χ0) is 18.4. The molecule has 2 amide bonds. The number of likely N-dealkylation sites (N-methyl/N-ethyl adjacent to an activating group) is 1. The van der Waals surface area contributed by atoms with Crippen molar-refractivity contribution >= 4 is 17.5 Å². The summed E-state index contributed by atoms with van der Waals surface area (Å²) in [5, 5.41) is 2.68. The van der Waals surface area contributed by atoms with Crippen LogP contribution in [0.5, 0.6) is 11.5 Å². The van der Waals surface area contributed by atoms with Crippen LogP contribution in [0.4, 0.5) is 10.1 Å². The number of nitrogens with one attached hydrogen (secondary N) is 1. The average Bonchev–Trinajstić information content (AvgIpc) is 2.61. The number of hydrogen-bond donors (Lipinski definition) is 1. The van der Waals surface area contributed by atoms with Crippen molar-refractivity contribution in [3.63, 3.8) is 0 Å². The van der Waals surface area contributed by atoms with Gasteiger partial charge in [-0.05, 0) is 42.5 Å². The Balaban J connectivity index is 1.97. The van der Waals surface area contributed by atoms with E-state index in [4.69, 9.17) is 9.47 Å². The van der Waals surface area contributed by atoms with Crippen molar-refractivity contribution in [2.45, 2.75) is 0 Å². The fourth-order valence-corrected chi connectivity index (χ4v) is 2.18. The van der Waals surface area contributed by atoms with E-state index in [1.165, 1.54) is 31.2 Å². The van der Waals surface area contributed by atoms with E-state index in [9.17, 15) is 14.0 Å². The summed E-state index contributed by atoms with van der Waals surface area (Å²) < 4.78 is 23.6. The first kappa shape index (κ1) is 18.3. The van der Waals surface area contributed by atoms with E-state index in [1.54, 1.807) is 31.4 Å². The number of hydrogen-bond acceptors (Lipinski definition) is 4. The van der Waals surface area contributed by atoms with Gasteiger partial charge in [-0.1, -0.05) is 0 Å². The van der Waals surface area contributed by atoms with Gasteiger partial charge in [0.2, 0.25) is 5.91 Å². The number of nitrogens with zero attached hydrogens (tertiary/aromatic N) is 1. The minimum Gasteiger partial charge on any atom is -0.497 e. The first-order chi connectivity index (χ1) is 11.9. The number of anilines is 1. The first-order valence-corrected chi connectivity index (χ1v) is 7.47. The Labute approximate surface area is 145 Å². The molecule has 2 aromatic carbocycles. The number of carbonyl (C=O) groups excluding carboxylic acids is 2. The molecule has 0 heterocycles. The fourth-order valence-electron chi connectivity index (χ4n) is 2.18. The van der Waals surface area contributed by atoms with Crippen molar-refractivity contribution in [3.05, 3.63) is 53.8 Å². The van der Waals surface area contributed by atoms with Gasteiger partial charge in [0.05, 0.1) is 20.8 Å². The van der Waals surface area contributed by atoms with Gasteiger partial charge in [0, 0.05) is 18.3 Å². The van der Waals surface area contributed by atoms with Gasteiger partial charge < -0.3 is 19.7 Å². The van der Waals surface area contributed by atoms with Gasteiger partial charge in [0.1, 0.15) is 5.75 Å². The van der Waals surface area contributed by atoms with E-state index in [2.05, 4.69) is 5.32 Å². The van der Waals surface area contributed by atoms with E-state index < -0.39 is 11.7 Å². The summed E-state index contributed by atoms with van der Waals surface area (Å²) in [4.78, 5) is 25.5. The lowest BCUT2D eigenvalue weighted by atomic mass is 10.2. The third kappa shape index (κ3) is 4.69. The largest absolute Gasteiger partial charge is 0.497 e. The van der Waals surface area contributed by atoms with Gasteiger partial charge in [0.15, 0.2) is 11.6 Å². The molecule has 0 aliphatic rings. The first-order valence-electron chi connectivity index (χ1n) is 7.47. The predicted octanol–water partition coefficient (Wildman–Crippen LogP) is 2.55. The lowest BCUT2D eigenvalue weighted by Gasteiger charge is -2.17. The van der Waals surface area contributed by atoms with E-state index in [1.807, 2.05) is 0 Å². The van der Waals surface area contributed by atoms with Gasteiger partial charge in [-0.25, -0.2) is 4.39 Å². The molecular formula is C18H19FN2O4. The summed E-state index contributed by atoms with van der Waals surface area (Å²) in [6.45, 7) is -0.168. The summed E-state index contributed by atoms with van der Waals surface area (Å²) in [6, 6.07) is 10.7. The lowest BCUT2D eigenvalue weighted by molar-refractivity contribution is -0.116. The van der Waals surface area contributed by atoms with Crippen LogP contribution < -0.4 is 14.8 Å². The summed E-state index contributed by atoms with van der Waals surface area (Å²) in [5.41, 5.74) is 0.722. The number of rotatable bonds is 6. The Morgan fingerprint density at radius 1 is 1.08 bits per heavy atom. The van der Waals surface area contributed by atoms with Crippen molar-refractivity contribution < 1.29 is 23.5 Å². The maximum absolute atomic E-state index is 13.7. The van der Waals surface area contributed by atoms with Crippen LogP contribution in [0.15, 0.2) is 42.5 Å². The number of benzene rings is 2. The van der Waals surface area contributed by atoms with Crippen LogP contribution in [0.25, 0.3) is 0 Å². The van der Waals surface area contributed by atoms with Gasteiger partial charge in [-0.2, -0.15) is 0 Å².